The lowest BCUT2D eigenvalue weighted by Crippen LogP contribution is -2.27. The van der Waals surface area contributed by atoms with Gasteiger partial charge in [-0.05, 0) is 37.6 Å². The molecule has 1 aliphatic rings. The van der Waals surface area contributed by atoms with E-state index in [2.05, 4.69) is 21.5 Å². The highest BCUT2D eigenvalue weighted by atomic mass is 32.2. The monoisotopic (exact) mass is 432 g/mol. The zero-order chi connectivity index (χ0) is 21.5. The summed E-state index contributed by atoms with van der Waals surface area (Å²) < 4.78 is 3.35. The summed E-state index contributed by atoms with van der Waals surface area (Å²) >= 11 is 1.49. The van der Waals surface area contributed by atoms with Crippen molar-refractivity contribution in [2.45, 2.75) is 31.5 Å². The molecule has 156 valence electrons. The molecule has 1 atom stereocenters. The number of aromatic nitrogens is 5. The van der Waals surface area contributed by atoms with Crippen LogP contribution < -0.4 is 10.9 Å². The smallest absolute Gasteiger partial charge is 0.265 e. The molecule has 0 saturated carbocycles. The number of nitrogens with one attached hydrogen (secondary N) is 1. The fraction of sp³-hybridized carbons (Fsp3) is 0.227. The second-order valence-corrected chi connectivity index (χ2v) is 8.60. The van der Waals surface area contributed by atoms with E-state index in [4.69, 9.17) is 4.98 Å². The number of carbonyl (C=O) groups is 1. The molecule has 4 aromatic rings. The van der Waals surface area contributed by atoms with Gasteiger partial charge in [0.15, 0.2) is 10.8 Å². The van der Waals surface area contributed by atoms with Gasteiger partial charge in [0.25, 0.3) is 5.56 Å². The number of hydrogen-bond acceptors (Lipinski definition) is 6. The van der Waals surface area contributed by atoms with Crippen molar-refractivity contribution in [3.05, 3.63) is 70.4 Å². The molecule has 0 radical (unpaired) electrons. The normalized spacial score (nSPS) is 15.2. The predicted molar refractivity (Wildman–Crippen MR) is 120 cm³/mol. The number of benzene rings is 1. The number of anilines is 1. The average Bonchev–Trinajstić information content (AvgIpc) is 3.34. The molecule has 9 heteroatoms. The Labute approximate surface area is 182 Å². The van der Waals surface area contributed by atoms with E-state index in [1.54, 1.807) is 40.0 Å². The third-order valence-electron chi connectivity index (χ3n) is 5.32. The molecule has 0 bridgehead atoms. The zero-order valence-electron chi connectivity index (χ0n) is 17.1. The minimum Gasteiger partial charge on any atom is -0.325 e. The Kier molecular flexibility index (Phi) is 4.82. The number of thioether (sulfide) groups is 1. The summed E-state index contributed by atoms with van der Waals surface area (Å²) in [5, 5.41) is 8.34. The summed E-state index contributed by atoms with van der Waals surface area (Å²) in [6.07, 6.45) is 4.99. The molecule has 3 aromatic heterocycles. The molecule has 1 aromatic carbocycles. The standard InChI is InChI=1S/C22H20N6O2S/c1-13-5-6-18(14(2)8-13)28-20-17(11-24-28)21(30)27-16(12-31-22(27)26-20)9-19(29)25-15-4-3-7-23-10-15/h3-8,10-11,16H,9,12H2,1-2H3,(H,25,29). The molecule has 1 amide bonds. The van der Waals surface area contributed by atoms with Gasteiger partial charge in [0.2, 0.25) is 5.91 Å². The highest BCUT2D eigenvalue weighted by Crippen LogP contribution is 2.33. The van der Waals surface area contributed by atoms with E-state index in [0.29, 0.717) is 27.6 Å². The van der Waals surface area contributed by atoms with E-state index in [0.717, 1.165) is 16.8 Å². The first-order valence-corrected chi connectivity index (χ1v) is 10.9. The Morgan fingerprint density at radius 1 is 1.26 bits per heavy atom. The van der Waals surface area contributed by atoms with Gasteiger partial charge in [0.1, 0.15) is 5.39 Å². The highest BCUT2D eigenvalue weighted by molar-refractivity contribution is 7.99. The Bertz CT molecular complexity index is 1360. The zero-order valence-corrected chi connectivity index (χ0v) is 17.9. The largest absolute Gasteiger partial charge is 0.325 e. The SMILES string of the molecule is Cc1ccc(-n2ncc3c(=O)n4c(nc32)SCC4CC(=O)Nc2cccnc2)c(C)c1. The lowest BCUT2D eigenvalue weighted by molar-refractivity contribution is -0.116. The van der Waals surface area contributed by atoms with Crippen molar-refractivity contribution in [1.82, 2.24) is 24.3 Å². The summed E-state index contributed by atoms with van der Waals surface area (Å²) in [4.78, 5) is 34.5. The van der Waals surface area contributed by atoms with Crippen molar-refractivity contribution in [2.24, 2.45) is 0 Å². The first-order valence-electron chi connectivity index (χ1n) is 9.92. The minimum atomic E-state index is -0.259. The molecule has 0 fully saturated rings. The van der Waals surface area contributed by atoms with Crippen molar-refractivity contribution in [1.29, 1.82) is 0 Å². The Morgan fingerprint density at radius 2 is 2.13 bits per heavy atom. The summed E-state index contributed by atoms with van der Waals surface area (Å²) in [6, 6.07) is 9.36. The van der Waals surface area contributed by atoms with Crippen LogP contribution in [0.15, 0.2) is 58.9 Å². The van der Waals surface area contributed by atoms with Crippen LogP contribution in [0.1, 0.15) is 23.6 Å². The second-order valence-electron chi connectivity index (χ2n) is 7.61. The van der Waals surface area contributed by atoms with Gasteiger partial charge in [0, 0.05) is 18.4 Å². The number of carbonyl (C=O) groups excluding carboxylic acids is 1. The van der Waals surface area contributed by atoms with Crippen LogP contribution in [-0.4, -0.2) is 36.0 Å². The van der Waals surface area contributed by atoms with Gasteiger partial charge in [-0.1, -0.05) is 29.5 Å². The van der Waals surface area contributed by atoms with Gasteiger partial charge < -0.3 is 5.32 Å². The van der Waals surface area contributed by atoms with E-state index in [1.165, 1.54) is 11.8 Å². The fourth-order valence-corrected chi connectivity index (χ4v) is 4.99. The average molecular weight is 433 g/mol. The number of hydrogen-bond donors (Lipinski definition) is 1. The Morgan fingerprint density at radius 3 is 2.90 bits per heavy atom. The van der Waals surface area contributed by atoms with Gasteiger partial charge in [-0.2, -0.15) is 5.10 Å². The molecule has 31 heavy (non-hydrogen) atoms. The topological polar surface area (TPSA) is 94.7 Å². The Hall–Kier alpha value is -3.46. The fourth-order valence-electron chi connectivity index (χ4n) is 3.86. The van der Waals surface area contributed by atoms with Crippen LogP contribution in [0.2, 0.25) is 0 Å². The molecule has 1 unspecified atom stereocenters. The van der Waals surface area contributed by atoms with Gasteiger partial charge in [-0.3, -0.25) is 19.1 Å². The van der Waals surface area contributed by atoms with Crippen molar-refractivity contribution in [3.63, 3.8) is 0 Å². The maximum atomic E-state index is 13.3. The molecule has 0 aliphatic carbocycles. The van der Waals surface area contributed by atoms with E-state index >= 15 is 0 Å². The number of fused-ring (bicyclic) bond motifs is 2. The number of amides is 1. The van der Waals surface area contributed by atoms with Crippen molar-refractivity contribution in [2.75, 3.05) is 11.1 Å². The number of nitrogens with zero attached hydrogens (tertiary/aromatic N) is 5. The van der Waals surface area contributed by atoms with Crippen LogP contribution in [-0.2, 0) is 4.79 Å². The number of rotatable bonds is 4. The first-order chi connectivity index (χ1) is 15.0. The number of aryl methyl sites for hydroxylation is 2. The Balaban J connectivity index is 1.48. The van der Waals surface area contributed by atoms with E-state index in [-0.39, 0.29) is 23.9 Å². The molecular weight excluding hydrogens is 412 g/mol. The summed E-state index contributed by atoms with van der Waals surface area (Å²) in [5.41, 5.74) is 4.12. The maximum Gasteiger partial charge on any atom is 0.265 e. The first kappa shape index (κ1) is 19.5. The van der Waals surface area contributed by atoms with Crippen molar-refractivity contribution < 1.29 is 4.79 Å². The molecule has 5 rings (SSSR count). The third kappa shape index (κ3) is 3.50. The summed E-state index contributed by atoms with van der Waals surface area (Å²) in [6.45, 7) is 4.05. The number of pyridine rings is 1. The van der Waals surface area contributed by atoms with Crippen LogP contribution >= 0.6 is 11.8 Å². The molecular formula is C22H20N6O2S. The highest BCUT2D eigenvalue weighted by Gasteiger charge is 2.29. The van der Waals surface area contributed by atoms with Crippen LogP contribution in [0.25, 0.3) is 16.7 Å². The minimum absolute atomic E-state index is 0.163. The van der Waals surface area contributed by atoms with Gasteiger partial charge in [0.05, 0.1) is 29.8 Å². The van der Waals surface area contributed by atoms with Gasteiger partial charge in [-0.15, -0.1) is 0 Å². The second kappa shape index (κ2) is 7.66. The molecule has 1 aliphatic heterocycles. The van der Waals surface area contributed by atoms with Crippen LogP contribution in [0, 0.1) is 13.8 Å². The molecule has 4 heterocycles. The lowest BCUT2D eigenvalue weighted by atomic mass is 10.1. The van der Waals surface area contributed by atoms with Gasteiger partial charge in [-0.25, -0.2) is 9.67 Å². The van der Waals surface area contributed by atoms with Crippen molar-refractivity contribution in [3.8, 4) is 5.69 Å². The summed E-state index contributed by atoms with van der Waals surface area (Å²) in [7, 11) is 0. The van der Waals surface area contributed by atoms with Crippen molar-refractivity contribution >= 4 is 34.4 Å². The van der Waals surface area contributed by atoms with Crippen LogP contribution in [0.5, 0.6) is 0 Å². The van der Waals surface area contributed by atoms with E-state index in [1.807, 2.05) is 26.0 Å². The van der Waals surface area contributed by atoms with Gasteiger partial charge >= 0.3 is 0 Å². The van der Waals surface area contributed by atoms with Crippen LogP contribution in [0.3, 0.4) is 0 Å². The third-order valence-corrected chi connectivity index (χ3v) is 6.42. The molecule has 0 saturated heterocycles. The quantitative estimate of drug-likeness (QED) is 0.498. The molecule has 1 N–H and O–H groups in total. The molecule has 0 spiro atoms. The molecule has 8 nitrogen and oxygen atoms in total. The maximum absolute atomic E-state index is 13.3. The lowest BCUT2D eigenvalue weighted by Gasteiger charge is -2.13. The van der Waals surface area contributed by atoms with E-state index < -0.39 is 0 Å². The van der Waals surface area contributed by atoms with Crippen LogP contribution in [0.4, 0.5) is 5.69 Å². The van der Waals surface area contributed by atoms with E-state index in [9.17, 15) is 9.59 Å². The summed E-state index contributed by atoms with van der Waals surface area (Å²) in [5.74, 6) is 0.455. The predicted octanol–water partition coefficient (Wildman–Crippen LogP) is 3.27.